The molecule has 0 radical (unpaired) electrons. The number of nitrogens with one attached hydrogen (secondary N) is 1. The molecule has 0 unspecified atom stereocenters. The average Bonchev–Trinajstić information content (AvgIpc) is 3.44. The maximum absolute atomic E-state index is 12.6. The maximum Gasteiger partial charge on any atom is 0.317 e. The minimum Gasteiger partial charge on any atom is -0.396 e. The first-order valence-electron chi connectivity index (χ1n) is 9.54. The van der Waals surface area contributed by atoms with Gasteiger partial charge in [0.2, 0.25) is 0 Å². The van der Waals surface area contributed by atoms with E-state index in [1.54, 1.807) is 0 Å². The molecule has 6 nitrogen and oxygen atoms in total. The van der Waals surface area contributed by atoms with E-state index in [4.69, 9.17) is 5.11 Å². The molecule has 1 saturated carbocycles. The lowest BCUT2D eigenvalue weighted by Gasteiger charge is -2.34. The van der Waals surface area contributed by atoms with E-state index in [0.717, 1.165) is 69.7 Å². The number of carbonyl (C=O) groups is 1. The van der Waals surface area contributed by atoms with Crippen molar-refractivity contribution in [1.29, 1.82) is 0 Å². The summed E-state index contributed by atoms with van der Waals surface area (Å²) in [7, 11) is 0. The Morgan fingerprint density at radius 2 is 2.04 bits per heavy atom. The van der Waals surface area contributed by atoms with Crippen molar-refractivity contribution in [2.24, 2.45) is 0 Å². The molecule has 2 heterocycles. The van der Waals surface area contributed by atoms with Crippen LogP contribution < -0.4 is 10.2 Å². The van der Waals surface area contributed by atoms with E-state index in [-0.39, 0.29) is 18.7 Å². The maximum atomic E-state index is 12.6. The van der Waals surface area contributed by atoms with Crippen molar-refractivity contribution in [1.82, 2.24) is 15.2 Å². The van der Waals surface area contributed by atoms with Gasteiger partial charge in [-0.25, -0.2) is 9.78 Å². The first-order chi connectivity index (χ1) is 12.2. The van der Waals surface area contributed by atoms with Crippen LogP contribution in [0, 0.1) is 6.92 Å². The number of amides is 2. The van der Waals surface area contributed by atoms with Crippen LogP contribution in [0.25, 0.3) is 0 Å². The van der Waals surface area contributed by atoms with Crippen molar-refractivity contribution in [3.8, 4) is 0 Å². The molecule has 25 heavy (non-hydrogen) atoms. The van der Waals surface area contributed by atoms with E-state index in [1.165, 1.54) is 0 Å². The highest BCUT2D eigenvalue weighted by molar-refractivity contribution is 5.75. The Balaban J connectivity index is 1.46. The second kappa shape index (κ2) is 8.52. The van der Waals surface area contributed by atoms with Crippen molar-refractivity contribution in [2.75, 3.05) is 31.1 Å². The van der Waals surface area contributed by atoms with Gasteiger partial charge in [0.1, 0.15) is 5.82 Å². The molecule has 3 rings (SSSR count). The quantitative estimate of drug-likeness (QED) is 0.744. The number of pyridine rings is 1. The largest absolute Gasteiger partial charge is 0.396 e. The summed E-state index contributed by atoms with van der Waals surface area (Å²) in [6.45, 7) is 4.82. The molecule has 1 aromatic rings. The van der Waals surface area contributed by atoms with E-state index in [0.29, 0.717) is 6.04 Å². The molecule has 0 aromatic carbocycles. The predicted octanol–water partition coefficient (Wildman–Crippen LogP) is 2.31. The average molecular weight is 346 g/mol. The predicted molar refractivity (Wildman–Crippen MR) is 98.8 cm³/mol. The van der Waals surface area contributed by atoms with Crippen LogP contribution in [0.5, 0.6) is 0 Å². The van der Waals surface area contributed by atoms with Crippen molar-refractivity contribution in [3.63, 3.8) is 0 Å². The van der Waals surface area contributed by atoms with Crippen LogP contribution in [-0.2, 0) is 0 Å². The number of hydrogen-bond acceptors (Lipinski definition) is 4. The molecular weight excluding hydrogens is 316 g/mol. The fourth-order valence-electron chi connectivity index (χ4n) is 3.45. The third kappa shape index (κ3) is 5.08. The molecule has 0 spiro atoms. The summed E-state index contributed by atoms with van der Waals surface area (Å²) >= 11 is 0. The number of piperidine rings is 1. The molecule has 1 saturated heterocycles. The molecule has 1 aliphatic heterocycles. The lowest BCUT2D eigenvalue weighted by Crippen LogP contribution is -2.50. The second-order valence-corrected chi connectivity index (χ2v) is 7.20. The first-order valence-corrected chi connectivity index (χ1v) is 9.54. The Morgan fingerprint density at radius 1 is 1.28 bits per heavy atom. The summed E-state index contributed by atoms with van der Waals surface area (Å²) < 4.78 is 0. The Hall–Kier alpha value is -1.82. The molecule has 138 valence electrons. The van der Waals surface area contributed by atoms with Gasteiger partial charge in [-0.3, -0.25) is 0 Å². The molecule has 2 amide bonds. The molecule has 0 atom stereocenters. The van der Waals surface area contributed by atoms with E-state index in [2.05, 4.69) is 21.3 Å². The Kier molecular flexibility index (Phi) is 6.13. The molecule has 6 heteroatoms. The zero-order valence-electron chi connectivity index (χ0n) is 15.2. The van der Waals surface area contributed by atoms with Crippen LogP contribution in [0.3, 0.4) is 0 Å². The van der Waals surface area contributed by atoms with Gasteiger partial charge < -0.3 is 20.2 Å². The van der Waals surface area contributed by atoms with Crippen molar-refractivity contribution >= 4 is 11.8 Å². The van der Waals surface area contributed by atoms with E-state index >= 15 is 0 Å². The third-order valence-electron chi connectivity index (χ3n) is 5.08. The van der Waals surface area contributed by atoms with Crippen molar-refractivity contribution < 1.29 is 9.90 Å². The number of hydrogen-bond donors (Lipinski definition) is 2. The minimum absolute atomic E-state index is 0.0765. The van der Waals surface area contributed by atoms with Gasteiger partial charge in [0.25, 0.3) is 0 Å². The van der Waals surface area contributed by atoms with Crippen molar-refractivity contribution in [2.45, 2.75) is 57.5 Å². The van der Waals surface area contributed by atoms with Gasteiger partial charge in [-0.15, -0.1) is 0 Å². The number of aliphatic hydroxyl groups is 1. The topological polar surface area (TPSA) is 68.7 Å². The van der Waals surface area contributed by atoms with Crippen LogP contribution in [0.15, 0.2) is 18.2 Å². The number of aliphatic hydroxyl groups excluding tert-OH is 1. The number of nitrogens with zero attached hydrogens (tertiary/aromatic N) is 3. The Morgan fingerprint density at radius 3 is 2.68 bits per heavy atom. The second-order valence-electron chi connectivity index (χ2n) is 7.20. The molecule has 0 bridgehead atoms. The number of aryl methyl sites for hydroxylation is 1. The van der Waals surface area contributed by atoms with Crippen LogP contribution in [-0.4, -0.2) is 59.3 Å². The Bertz CT molecular complexity index is 568. The van der Waals surface area contributed by atoms with Gasteiger partial charge in [-0.1, -0.05) is 6.07 Å². The van der Waals surface area contributed by atoms with Crippen LogP contribution in [0.4, 0.5) is 10.6 Å². The Labute approximate surface area is 150 Å². The van der Waals surface area contributed by atoms with E-state index in [1.807, 2.05) is 24.0 Å². The number of carbonyl (C=O) groups excluding carboxylic acids is 1. The lowest BCUT2D eigenvalue weighted by molar-refractivity contribution is 0.184. The number of urea groups is 1. The normalized spacial score (nSPS) is 18.2. The molecule has 2 aliphatic rings. The third-order valence-corrected chi connectivity index (χ3v) is 5.08. The van der Waals surface area contributed by atoms with Gasteiger partial charge in [-0.05, 0) is 57.6 Å². The highest BCUT2D eigenvalue weighted by Crippen LogP contribution is 2.27. The van der Waals surface area contributed by atoms with Gasteiger partial charge in [-0.2, -0.15) is 0 Å². The monoisotopic (exact) mass is 346 g/mol. The summed E-state index contributed by atoms with van der Waals surface area (Å²) in [4.78, 5) is 21.5. The summed E-state index contributed by atoms with van der Waals surface area (Å²) in [6.07, 6.45) is 5.78. The van der Waals surface area contributed by atoms with Crippen molar-refractivity contribution in [3.05, 3.63) is 23.9 Å². The number of unbranched alkanes of at least 4 members (excludes halogenated alkanes) is 1. The SMILES string of the molecule is Cc1cccc(N2CCC(NC(=O)N(CCCCO)C3CC3)CC2)n1. The van der Waals surface area contributed by atoms with Gasteiger partial charge in [0.05, 0.1) is 0 Å². The summed E-state index contributed by atoms with van der Waals surface area (Å²) in [5.41, 5.74) is 1.04. The highest BCUT2D eigenvalue weighted by atomic mass is 16.3. The number of aromatic nitrogens is 1. The van der Waals surface area contributed by atoms with Crippen LogP contribution >= 0.6 is 0 Å². The van der Waals surface area contributed by atoms with Crippen LogP contribution in [0.1, 0.15) is 44.2 Å². The van der Waals surface area contributed by atoms with Gasteiger partial charge in [0, 0.05) is 44.0 Å². The number of rotatable bonds is 7. The fourth-order valence-corrected chi connectivity index (χ4v) is 3.45. The smallest absolute Gasteiger partial charge is 0.317 e. The van der Waals surface area contributed by atoms with E-state index in [9.17, 15) is 4.79 Å². The first kappa shape index (κ1) is 18.0. The minimum atomic E-state index is 0.0765. The molecule has 1 aromatic heterocycles. The lowest BCUT2D eigenvalue weighted by atomic mass is 10.1. The summed E-state index contributed by atoms with van der Waals surface area (Å²) in [6, 6.07) is 6.85. The van der Waals surface area contributed by atoms with Crippen LogP contribution in [0.2, 0.25) is 0 Å². The molecular formula is C19H30N4O2. The highest BCUT2D eigenvalue weighted by Gasteiger charge is 2.33. The van der Waals surface area contributed by atoms with Gasteiger partial charge >= 0.3 is 6.03 Å². The van der Waals surface area contributed by atoms with Gasteiger partial charge in [0.15, 0.2) is 0 Å². The zero-order valence-corrected chi connectivity index (χ0v) is 15.2. The van der Waals surface area contributed by atoms with E-state index < -0.39 is 0 Å². The molecule has 2 fully saturated rings. The molecule has 1 aliphatic carbocycles. The number of anilines is 1. The molecule has 2 N–H and O–H groups in total. The summed E-state index contributed by atoms with van der Waals surface area (Å²) in [5.74, 6) is 1.04. The summed E-state index contributed by atoms with van der Waals surface area (Å²) in [5, 5.41) is 12.2. The zero-order chi connectivity index (χ0) is 17.6. The fraction of sp³-hybridized carbons (Fsp3) is 0.684. The standard InChI is InChI=1S/C19H30N4O2/c1-15-5-4-6-18(20-15)22-12-9-16(10-13-22)21-19(25)23(17-7-8-17)11-2-3-14-24/h4-6,16-17,24H,2-3,7-14H2,1H3,(H,21,25).